The SMILES string of the molecule is C[N+](C)(C)CCCCC(NC(=O)OCC1c2ccccc2-c2ccccc21)C(=O)NCc1ccc(C2C(CCC(O)c3ccc(F)cc3)C(=O)N2c2ccc(F)cc2)cc1. The summed E-state index contributed by atoms with van der Waals surface area (Å²) in [6.07, 6.45) is 1.22. The summed E-state index contributed by atoms with van der Waals surface area (Å²) in [6, 6.07) is 34.1. The monoisotopic (exact) mass is 815 g/mol. The number of β-lactam (4-membered cyclic amide) rings is 1. The Labute approximate surface area is 350 Å². The Morgan fingerprint density at radius 1 is 0.783 bits per heavy atom. The lowest BCUT2D eigenvalue weighted by Crippen LogP contribution is -2.55. The van der Waals surface area contributed by atoms with Crippen molar-refractivity contribution >= 4 is 23.6 Å². The van der Waals surface area contributed by atoms with Crippen LogP contribution in [0.4, 0.5) is 19.3 Å². The molecule has 0 saturated carbocycles. The molecule has 9 nitrogen and oxygen atoms in total. The number of quaternary nitrogens is 1. The second kappa shape index (κ2) is 18.6. The Morgan fingerprint density at radius 2 is 1.38 bits per heavy atom. The van der Waals surface area contributed by atoms with Crippen molar-refractivity contribution in [2.75, 3.05) is 39.2 Å². The Hall–Kier alpha value is -5.91. The van der Waals surface area contributed by atoms with E-state index in [9.17, 15) is 28.3 Å². The Morgan fingerprint density at radius 3 is 2.00 bits per heavy atom. The molecule has 0 bridgehead atoms. The van der Waals surface area contributed by atoms with Crippen LogP contribution in [0.3, 0.4) is 0 Å². The Kier molecular flexibility index (Phi) is 13.1. The average Bonchev–Trinajstić information content (AvgIpc) is 3.56. The van der Waals surface area contributed by atoms with Crippen LogP contribution in [-0.2, 0) is 20.9 Å². The van der Waals surface area contributed by atoms with Crippen LogP contribution in [0.5, 0.6) is 0 Å². The van der Waals surface area contributed by atoms with Crippen LogP contribution < -0.4 is 15.5 Å². The van der Waals surface area contributed by atoms with Gasteiger partial charge in [-0.2, -0.15) is 0 Å². The van der Waals surface area contributed by atoms with Crippen LogP contribution in [0, 0.1) is 17.6 Å². The second-order valence-electron chi connectivity index (χ2n) is 16.9. The highest BCUT2D eigenvalue weighted by molar-refractivity contribution is 6.03. The quantitative estimate of drug-likeness (QED) is 0.0496. The van der Waals surface area contributed by atoms with E-state index in [0.717, 1.165) is 57.3 Å². The maximum Gasteiger partial charge on any atom is 0.407 e. The van der Waals surface area contributed by atoms with Gasteiger partial charge >= 0.3 is 6.09 Å². The summed E-state index contributed by atoms with van der Waals surface area (Å²) in [5.74, 6) is -1.80. The van der Waals surface area contributed by atoms with Gasteiger partial charge in [0.1, 0.15) is 24.3 Å². The molecule has 2 aliphatic rings. The van der Waals surface area contributed by atoms with Crippen LogP contribution in [-0.4, -0.2) is 67.8 Å². The molecule has 1 saturated heterocycles. The number of carbonyl (C=O) groups excluding carboxylic acids is 3. The highest BCUT2D eigenvalue weighted by Gasteiger charge is 2.48. The molecule has 4 atom stereocenters. The first kappa shape index (κ1) is 42.2. The zero-order valence-corrected chi connectivity index (χ0v) is 34.3. The molecule has 0 spiro atoms. The van der Waals surface area contributed by atoms with Crippen LogP contribution in [0.1, 0.15) is 78.0 Å². The lowest BCUT2D eigenvalue weighted by atomic mass is 9.78. The number of fused-ring (bicyclic) bond motifs is 3. The largest absolute Gasteiger partial charge is 0.449 e. The molecule has 5 aromatic rings. The van der Waals surface area contributed by atoms with E-state index in [0.29, 0.717) is 30.5 Å². The number of aliphatic hydroxyl groups is 1. The fourth-order valence-electron chi connectivity index (χ4n) is 8.42. The van der Waals surface area contributed by atoms with Gasteiger partial charge in [0, 0.05) is 18.2 Å². The van der Waals surface area contributed by atoms with Gasteiger partial charge in [-0.05, 0) is 107 Å². The third-order valence-electron chi connectivity index (χ3n) is 11.6. The lowest BCUT2D eigenvalue weighted by Gasteiger charge is -2.48. The van der Waals surface area contributed by atoms with Crippen molar-refractivity contribution in [1.82, 2.24) is 10.6 Å². The zero-order chi connectivity index (χ0) is 42.4. The fourth-order valence-corrected chi connectivity index (χ4v) is 8.42. The predicted octanol–water partition coefficient (Wildman–Crippen LogP) is 8.58. The summed E-state index contributed by atoms with van der Waals surface area (Å²) in [4.78, 5) is 42.2. The first-order chi connectivity index (χ1) is 28.9. The van der Waals surface area contributed by atoms with E-state index >= 15 is 0 Å². The van der Waals surface area contributed by atoms with Crippen LogP contribution in [0.2, 0.25) is 0 Å². The van der Waals surface area contributed by atoms with Gasteiger partial charge in [-0.3, -0.25) is 9.59 Å². The standard InChI is InChI=1S/C49H52F2N4O5/c1-55(2,3)29-9-8-14-44(53-49(59)60-31-43-40-12-6-4-10-38(40)39-11-5-7-13-41(39)43)47(57)52-30-32-15-17-34(18-16-32)46-42(27-28-45(56)33-19-21-35(50)22-20-33)48(58)54(46)37-25-23-36(51)24-26-37/h4-7,10-13,15-26,42-46,56H,8-9,14,27-31H2,1-3H3,(H-,52,53,57,59)/p+1. The molecule has 60 heavy (non-hydrogen) atoms. The number of rotatable bonds is 17. The number of amides is 3. The molecule has 11 heteroatoms. The Bertz CT molecular complexity index is 2230. The molecule has 1 aliphatic heterocycles. The highest BCUT2D eigenvalue weighted by Crippen LogP contribution is 2.47. The minimum Gasteiger partial charge on any atom is -0.449 e. The molecule has 1 fully saturated rings. The van der Waals surface area contributed by atoms with Gasteiger partial charge in [0.2, 0.25) is 11.8 Å². The number of nitrogens with zero attached hydrogens (tertiary/aromatic N) is 2. The number of nitrogens with one attached hydrogen (secondary N) is 2. The van der Waals surface area contributed by atoms with Crippen LogP contribution in [0.25, 0.3) is 11.1 Å². The van der Waals surface area contributed by atoms with Crippen molar-refractivity contribution in [3.8, 4) is 11.1 Å². The number of unbranched alkanes of at least 4 members (excludes halogenated alkanes) is 1. The summed E-state index contributed by atoms with van der Waals surface area (Å²) in [7, 11) is 6.36. The molecule has 4 unspecified atom stereocenters. The van der Waals surface area contributed by atoms with Crippen LogP contribution >= 0.6 is 0 Å². The van der Waals surface area contributed by atoms with E-state index in [1.165, 1.54) is 36.4 Å². The minimum absolute atomic E-state index is 0.105. The highest BCUT2D eigenvalue weighted by atomic mass is 19.1. The molecule has 3 amide bonds. The number of alkyl carbamates (subject to hydrolysis) is 1. The number of hydrogen-bond acceptors (Lipinski definition) is 5. The van der Waals surface area contributed by atoms with Crippen molar-refractivity contribution in [2.45, 2.75) is 62.8 Å². The summed E-state index contributed by atoms with van der Waals surface area (Å²) in [6.45, 7) is 1.27. The lowest BCUT2D eigenvalue weighted by molar-refractivity contribution is -0.870. The molecule has 0 radical (unpaired) electrons. The number of benzene rings is 5. The molecule has 1 aliphatic carbocycles. The van der Waals surface area contributed by atoms with E-state index in [4.69, 9.17) is 4.74 Å². The number of anilines is 1. The number of hydrogen-bond donors (Lipinski definition) is 3. The van der Waals surface area contributed by atoms with Crippen molar-refractivity contribution in [2.24, 2.45) is 5.92 Å². The zero-order valence-electron chi connectivity index (χ0n) is 34.3. The van der Waals surface area contributed by atoms with E-state index < -0.39 is 35.8 Å². The van der Waals surface area contributed by atoms with Gasteiger partial charge in [0.25, 0.3) is 0 Å². The molecule has 5 aromatic carbocycles. The average molecular weight is 816 g/mol. The number of ether oxygens (including phenoxy) is 1. The smallest absolute Gasteiger partial charge is 0.407 e. The number of aliphatic hydroxyl groups excluding tert-OH is 1. The van der Waals surface area contributed by atoms with Gasteiger partial charge in [-0.25, -0.2) is 13.6 Å². The predicted molar refractivity (Wildman–Crippen MR) is 228 cm³/mol. The van der Waals surface area contributed by atoms with Gasteiger partial charge in [-0.15, -0.1) is 0 Å². The van der Waals surface area contributed by atoms with Gasteiger partial charge in [0.15, 0.2) is 0 Å². The normalized spacial score (nSPS) is 17.0. The molecule has 0 aromatic heterocycles. The summed E-state index contributed by atoms with van der Waals surface area (Å²) in [5.41, 5.74) is 7.28. The minimum atomic E-state index is -0.870. The Balaban J connectivity index is 0.995. The topological polar surface area (TPSA) is 108 Å². The molecular formula is C49H53F2N4O5+. The fraction of sp³-hybridized carbons (Fsp3) is 0.327. The third kappa shape index (κ3) is 9.92. The van der Waals surface area contributed by atoms with Gasteiger partial charge in [-0.1, -0.05) is 84.9 Å². The van der Waals surface area contributed by atoms with Crippen LogP contribution in [0.15, 0.2) is 121 Å². The summed E-state index contributed by atoms with van der Waals surface area (Å²) in [5, 5.41) is 16.7. The molecular weight excluding hydrogens is 763 g/mol. The maximum absolute atomic E-state index is 13.8. The van der Waals surface area contributed by atoms with E-state index in [1.807, 2.05) is 48.5 Å². The third-order valence-corrected chi connectivity index (χ3v) is 11.6. The number of halogens is 2. The first-order valence-corrected chi connectivity index (χ1v) is 20.7. The van der Waals surface area contributed by atoms with Crippen molar-refractivity contribution in [3.63, 3.8) is 0 Å². The molecule has 312 valence electrons. The van der Waals surface area contributed by atoms with Crippen molar-refractivity contribution in [3.05, 3.63) is 161 Å². The molecule has 7 rings (SSSR count). The van der Waals surface area contributed by atoms with Crippen molar-refractivity contribution in [1.29, 1.82) is 0 Å². The van der Waals surface area contributed by atoms with Gasteiger partial charge in [0.05, 0.1) is 45.8 Å². The second-order valence-corrected chi connectivity index (χ2v) is 16.9. The number of carbonyl (C=O) groups is 3. The maximum atomic E-state index is 13.8. The van der Waals surface area contributed by atoms with Gasteiger partial charge < -0.3 is 29.9 Å². The first-order valence-electron chi connectivity index (χ1n) is 20.7. The van der Waals surface area contributed by atoms with Crippen molar-refractivity contribution < 1.29 is 37.5 Å². The molecule has 3 N–H and O–H groups in total. The van der Waals surface area contributed by atoms with E-state index in [1.54, 1.807) is 17.0 Å². The van der Waals surface area contributed by atoms with E-state index in [2.05, 4.69) is 56.0 Å². The van der Waals surface area contributed by atoms with E-state index in [-0.39, 0.29) is 36.9 Å². The summed E-state index contributed by atoms with van der Waals surface area (Å²) < 4.78 is 33.9. The summed E-state index contributed by atoms with van der Waals surface area (Å²) >= 11 is 0. The molecule has 1 heterocycles.